The Morgan fingerprint density at radius 2 is 2.00 bits per heavy atom. The summed E-state index contributed by atoms with van der Waals surface area (Å²) in [7, 11) is 3.39. The second-order valence-corrected chi connectivity index (χ2v) is 7.89. The number of nitrogens with zero attached hydrogens (tertiary/aromatic N) is 3. The first-order chi connectivity index (χ1) is 16.4. The maximum atomic E-state index is 11.8. The summed E-state index contributed by atoms with van der Waals surface area (Å²) in [5.41, 5.74) is 2.91. The van der Waals surface area contributed by atoms with Gasteiger partial charge in [0.2, 0.25) is 5.95 Å². The number of aromatic nitrogens is 3. The van der Waals surface area contributed by atoms with E-state index >= 15 is 0 Å². The largest absolute Gasteiger partial charge is 0.457 e. The predicted octanol–water partition coefficient (Wildman–Crippen LogP) is 4.14. The first-order valence-corrected chi connectivity index (χ1v) is 10.8. The van der Waals surface area contributed by atoms with Gasteiger partial charge in [0.05, 0.1) is 27.8 Å². The molecule has 0 radical (unpaired) electrons. The van der Waals surface area contributed by atoms with E-state index in [1.54, 1.807) is 42.5 Å². The Morgan fingerprint density at radius 3 is 2.76 bits per heavy atom. The molecule has 0 aliphatic carbocycles. The summed E-state index contributed by atoms with van der Waals surface area (Å²) < 4.78 is 7.77. The van der Waals surface area contributed by atoms with Crippen molar-refractivity contribution < 1.29 is 19.4 Å². The average Bonchev–Trinajstić information content (AvgIpc) is 3.14. The molecule has 0 saturated heterocycles. The number of fused-ring (bicyclic) bond motifs is 1. The number of aldehydes is 1. The molecule has 1 amide bonds. The molecule has 0 aliphatic heterocycles. The molecule has 10 heteroatoms. The fourth-order valence-corrected chi connectivity index (χ4v) is 3.58. The number of benzene rings is 2. The van der Waals surface area contributed by atoms with Gasteiger partial charge >= 0.3 is 0 Å². The minimum atomic E-state index is -0.910. The standard InChI is InChI=1S/C24H22ClN5O4/c1-26-23(33)20-13-16(7-9-27-20)34-15-4-6-21-19(12-15)29-24(30(21)2)28-18-11-14(3-5-17(18)25)22(32)8-10-31/h3-7,9-13,22,32H,8H2,1-2H3,(H,26,33)(H,28,29). The van der Waals surface area contributed by atoms with Gasteiger partial charge in [0, 0.05) is 38.8 Å². The van der Waals surface area contributed by atoms with Crippen LogP contribution in [0.2, 0.25) is 5.02 Å². The van der Waals surface area contributed by atoms with Gasteiger partial charge in [-0.2, -0.15) is 0 Å². The molecular weight excluding hydrogens is 458 g/mol. The number of amides is 1. The van der Waals surface area contributed by atoms with Gasteiger partial charge in [-0.05, 0) is 35.9 Å². The number of rotatable bonds is 8. The lowest BCUT2D eigenvalue weighted by Gasteiger charge is -2.13. The van der Waals surface area contributed by atoms with Crippen LogP contribution in [0.1, 0.15) is 28.6 Å². The number of anilines is 2. The smallest absolute Gasteiger partial charge is 0.269 e. The van der Waals surface area contributed by atoms with Gasteiger partial charge in [-0.3, -0.25) is 9.78 Å². The van der Waals surface area contributed by atoms with E-state index in [1.807, 2.05) is 17.7 Å². The molecule has 2 heterocycles. The summed E-state index contributed by atoms with van der Waals surface area (Å²) in [4.78, 5) is 31.2. The Morgan fingerprint density at radius 1 is 1.21 bits per heavy atom. The molecule has 174 valence electrons. The number of aryl methyl sites for hydroxylation is 1. The molecule has 34 heavy (non-hydrogen) atoms. The highest BCUT2D eigenvalue weighted by Gasteiger charge is 2.14. The van der Waals surface area contributed by atoms with Crippen LogP contribution in [-0.2, 0) is 11.8 Å². The second kappa shape index (κ2) is 9.90. The van der Waals surface area contributed by atoms with Gasteiger partial charge in [0.15, 0.2) is 0 Å². The first kappa shape index (κ1) is 23.2. The minimum Gasteiger partial charge on any atom is -0.457 e. The molecule has 0 saturated carbocycles. The number of aliphatic hydroxyl groups excluding tert-OH is 1. The van der Waals surface area contributed by atoms with E-state index in [2.05, 4.69) is 20.6 Å². The molecule has 4 rings (SSSR count). The summed E-state index contributed by atoms with van der Waals surface area (Å²) >= 11 is 6.34. The molecule has 0 fully saturated rings. The van der Waals surface area contributed by atoms with E-state index in [0.717, 1.165) is 5.52 Å². The van der Waals surface area contributed by atoms with Crippen molar-refractivity contribution in [3.05, 3.63) is 71.0 Å². The highest BCUT2D eigenvalue weighted by atomic mass is 35.5. The Labute approximate surface area is 200 Å². The van der Waals surface area contributed by atoms with Crippen LogP contribution in [-0.4, -0.2) is 38.9 Å². The molecule has 2 aromatic carbocycles. The molecule has 4 aromatic rings. The Balaban J connectivity index is 1.60. The van der Waals surface area contributed by atoms with Crippen LogP contribution in [0.5, 0.6) is 11.5 Å². The average molecular weight is 480 g/mol. The molecule has 0 spiro atoms. The summed E-state index contributed by atoms with van der Waals surface area (Å²) in [6.07, 6.45) is 1.26. The number of aliphatic hydroxyl groups is 1. The number of hydrogen-bond acceptors (Lipinski definition) is 7. The lowest BCUT2D eigenvalue weighted by Crippen LogP contribution is -2.18. The number of nitrogens with one attached hydrogen (secondary N) is 2. The molecule has 9 nitrogen and oxygen atoms in total. The number of pyridine rings is 1. The van der Waals surface area contributed by atoms with E-state index in [4.69, 9.17) is 16.3 Å². The third-order valence-corrected chi connectivity index (χ3v) is 5.55. The number of imidazole rings is 1. The van der Waals surface area contributed by atoms with Crippen molar-refractivity contribution in [2.75, 3.05) is 12.4 Å². The molecule has 3 N–H and O–H groups in total. The third-order valence-electron chi connectivity index (χ3n) is 5.22. The van der Waals surface area contributed by atoms with Crippen molar-refractivity contribution >= 4 is 46.5 Å². The zero-order valence-electron chi connectivity index (χ0n) is 18.4. The zero-order chi connectivity index (χ0) is 24.2. The van der Waals surface area contributed by atoms with Gasteiger partial charge in [0.25, 0.3) is 5.91 Å². The van der Waals surface area contributed by atoms with Gasteiger partial charge in [-0.1, -0.05) is 17.7 Å². The van der Waals surface area contributed by atoms with Crippen LogP contribution in [0.3, 0.4) is 0 Å². The van der Waals surface area contributed by atoms with Crippen LogP contribution in [0.15, 0.2) is 54.7 Å². The van der Waals surface area contributed by atoms with E-state index in [-0.39, 0.29) is 18.0 Å². The van der Waals surface area contributed by atoms with Gasteiger partial charge < -0.3 is 29.8 Å². The van der Waals surface area contributed by atoms with Gasteiger partial charge in [-0.15, -0.1) is 0 Å². The van der Waals surface area contributed by atoms with E-state index < -0.39 is 6.10 Å². The SMILES string of the molecule is CNC(=O)c1cc(Oc2ccc3c(c2)nc(Nc2cc(C(O)CC=O)ccc2Cl)n3C)ccn1. The Bertz CT molecular complexity index is 1370. The molecule has 2 aromatic heterocycles. The van der Waals surface area contributed by atoms with Crippen LogP contribution in [0.4, 0.5) is 11.6 Å². The maximum Gasteiger partial charge on any atom is 0.269 e. The van der Waals surface area contributed by atoms with Crippen LogP contribution >= 0.6 is 11.6 Å². The summed E-state index contributed by atoms with van der Waals surface area (Å²) in [5.74, 6) is 1.24. The minimum absolute atomic E-state index is 0.00176. The summed E-state index contributed by atoms with van der Waals surface area (Å²) in [6, 6.07) is 13.7. The first-order valence-electron chi connectivity index (χ1n) is 10.4. The van der Waals surface area contributed by atoms with E-state index in [1.165, 1.54) is 13.2 Å². The fraction of sp³-hybridized carbons (Fsp3) is 0.167. The van der Waals surface area contributed by atoms with Crippen molar-refractivity contribution in [3.63, 3.8) is 0 Å². The van der Waals surface area contributed by atoms with Crippen molar-refractivity contribution in [1.29, 1.82) is 0 Å². The van der Waals surface area contributed by atoms with Crippen molar-refractivity contribution in [2.45, 2.75) is 12.5 Å². The normalized spacial score (nSPS) is 11.8. The highest BCUT2D eigenvalue weighted by Crippen LogP contribution is 2.32. The van der Waals surface area contributed by atoms with Crippen molar-refractivity contribution in [2.24, 2.45) is 7.05 Å². The Hall–Kier alpha value is -3.95. The van der Waals surface area contributed by atoms with Crippen molar-refractivity contribution in [3.8, 4) is 11.5 Å². The number of carbonyl (C=O) groups is 2. The number of ether oxygens (including phenoxy) is 1. The monoisotopic (exact) mass is 479 g/mol. The molecule has 1 atom stereocenters. The number of hydrogen-bond donors (Lipinski definition) is 3. The number of carbonyl (C=O) groups excluding carboxylic acids is 2. The topological polar surface area (TPSA) is 118 Å². The quantitative estimate of drug-likeness (QED) is 0.325. The van der Waals surface area contributed by atoms with Gasteiger partial charge in [-0.25, -0.2) is 4.98 Å². The van der Waals surface area contributed by atoms with E-state index in [0.29, 0.717) is 45.5 Å². The van der Waals surface area contributed by atoms with Crippen LogP contribution in [0, 0.1) is 0 Å². The maximum absolute atomic E-state index is 11.8. The summed E-state index contributed by atoms with van der Waals surface area (Å²) in [5, 5.41) is 16.3. The molecule has 0 aliphatic rings. The van der Waals surface area contributed by atoms with E-state index in [9.17, 15) is 14.7 Å². The lowest BCUT2D eigenvalue weighted by molar-refractivity contribution is -0.109. The second-order valence-electron chi connectivity index (χ2n) is 7.49. The van der Waals surface area contributed by atoms with Crippen molar-refractivity contribution in [1.82, 2.24) is 19.9 Å². The highest BCUT2D eigenvalue weighted by molar-refractivity contribution is 6.33. The predicted molar refractivity (Wildman–Crippen MR) is 129 cm³/mol. The fourth-order valence-electron chi connectivity index (χ4n) is 3.41. The Kier molecular flexibility index (Phi) is 6.76. The molecule has 0 bridgehead atoms. The zero-order valence-corrected chi connectivity index (χ0v) is 19.2. The van der Waals surface area contributed by atoms with Crippen LogP contribution < -0.4 is 15.4 Å². The molecular formula is C24H22ClN5O4. The van der Waals surface area contributed by atoms with Gasteiger partial charge in [0.1, 0.15) is 23.5 Å². The lowest BCUT2D eigenvalue weighted by atomic mass is 10.1. The van der Waals surface area contributed by atoms with Crippen LogP contribution in [0.25, 0.3) is 11.0 Å². The molecule has 1 unspecified atom stereocenters. The number of halogens is 1. The third kappa shape index (κ3) is 4.85. The summed E-state index contributed by atoms with van der Waals surface area (Å²) in [6.45, 7) is 0.